The molecule has 1 heterocycles. The highest BCUT2D eigenvalue weighted by Gasteiger charge is 2.27. The molecule has 1 aromatic rings. The highest BCUT2D eigenvalue weighted by atomic mass is 16.5. The molecule has 1 aliphatic heterocycles. The Labute approximate surface area is 97.8 Å². The molecule has 0 spiro atoms. The fourth-order valence-corrected chi connectivity index (χ4v) is 2.36. The molecule has 1 aliphatic rings. The van der Waals surface area contributed by atoms with Crippen LogP contribution >= 0.6 is 0 Å². The van der Waals surface area contributed by atoms with Gasteiger partial charge >= 0.3 is 0 Å². The molecule has 2 N–H and O–H groups in total. The fraction of sp³-hybridized carbons (Fsp3) is 0.571. The smallest absolute Gasteiger partial charge is 0.0646 e. The topological polar surface area (TPSA) is 35.2 Å². The third kappa shape index (κ3) is 3.32. The second-order valence-electron chi connectivity index (χ2n) is 4.86. The summed E-state index contributed by atoms with van der Waals surface area (Å²) in [6, 6.07) is 10.6. The Hall–Kier alpha value is -0.860. The maximum absolute atomic E-state index is 6.30. The molecule has 0 radical (unpaired) electrons. The average Bonchev–Trinajstić information content (AvgIpc) is 2.31. The van der Waals surface area contributed by atoms with Crippen LogP contribution in [0.4, 0.5) is 0 Å². The molecule has 0 saturated carbocycles. The zero-order valence-electron chi connectivity index (χ0n) is 9.82. The summed E-state index contributed by atoms with van der Waals surface area (Å²) in [5, 5.41) is 0. The SMILES string of the molecule is NC1(CCCc2ccccc2)CCCOC1. The molecular weight excluding hydrogens is 198 g/mol. The number of ether oxygens (including phenoxy) is 1. The number of nitrogens with two attached hydrogens (primary N) is 1. The van der Waals surface area contributed by atoms with E-state index in [9.17, 15) is 0 Å². The Morgan fingerprint density at radius 1 is 1.25 bits per heavy atom. The van der Waals surface area contributed by atoms with Gasteiger partial charge in [-0.05, 0) is 37.7 Å². The van der Waals surface area contributed by atoms with Crippen molar-refractivity contribution in [1.29, 1.82) is 0 Å². The lowest BCUT2D eigenvalue weighted by atomic mass is 9.87. The minimum Gasteiger partial charge on any atom is -0.380 e. The molecule has 1 unspecified atom stereocenters. The number of hydrogen-bond acceptors (Lipinski definition) is 2. The first-order valence-electron chi connectivity index (χ1n) is 6.19. The van der Waals surface area contributed by atoms with Crippen molar-refractivity contribution in [2.24, 2.45) is 5.73 Å². The Kier molecular flexibility index (Phi) is 3.97. The van der Waals surface area contributed by atoms with E-state index in [2.05, 4.69) is 30.3 Å². The van der Waals surface area contributed by atoms with Crippen LogP contribution in [-0.4, -0.2) is 18.8 Å². The molecule has 16 heavy (non-hydrogen) atoms. The fourth-order valence-electron chi connectivity index (χ4n) is 2.36. The zero-order valence-corrected chi connectivity index (χ0v) is 9.82. The van der Waals surface area contributed by atoms with Crippen LogP contribution in [0.1, 0.15) is 31.2 Å². The van der Waals surface area contributed by atoms with Gasteiger partial charge in [-0.15, -0.1) is 0 Å². The highest BCUT2D eigenvalue weighted by Crippen LogP contribution is 2.22. The summed E-state index contributed by atoms with van der Waals surface area (Å²) in [6.07, 6.45) is 5.58. The highest BCUT2D eigenvalue weighted by molar-refractivity contribution is 5.14. The molecule has 1 fully saturated rings. The van der Waals surface area contributed by atoms with Crippen molar-refractivity contribution in [3.05, 3.63) is 35.9 Å². The van der Waals surface area contributed by atoms with E-state index in [1.54, 1.807) is 0 Å². The van der Waals surface area contributed by atoms with Crippen LogP contribution in [0.25, 0.3) is 0 Å². The lowest BCUT2D eigenvalue weighted by Crippen LogP contribution is -2.47. The average molecular weight is 219 g/mol. The van der Waals surface area contributed by atoms with E-state index in [1.165, 1.54) is 5.56 Å². The lowest BCUT2D eigenvalue weighted by Gasteiger charge is -2.33. The number of hydrogen-bond donors (Lipinski definition) is 1. The van der Waals surface area contributed by atoms with Gasteiger partial charge in [0.25, 0.3) is 0 Å². The van der Waals surface area contributed by atoms with Crippen LogP contribution < -0.4 is 5.73 Å². The first-order valence-corrected chi connectivity index (χ1v) is 6.19. The van der Waals surface area contributed by atoms with Crippen molar-refractivity contribution in [3.8, 4) is 0 Å². The first kappa shape index (κ1) is 11.6. The van der Waals surface area contributed by atoms with E-state index in [0.717, 1.165) is 45.3 Å². The van der Waals surface area contributed by atoms with Gasteiger partial charge in [0.15, 0.2) is 0 Å². The maximum Gasteiger partial charge on any atom is 0.0646 e. The quantitative estimate of drug-likeness (QED) is 0.844. The molecule has 2 rings (SSSR count). The molecule has 0 bridgehead atoms. The van der Waals surface area contributed by atoms with Gasteiger partial charge in [0, 0.05) is 12.1 Å². The lowest BCUT2D eigenvalue weighted by molar-refractivity contribution is 0.0337. The van der Waals surface area contributed by atoms with Gasteiger partial charge in [-0.3, -0.25) is 0 Å². The molecule has 88 valence electrons. The van der Waals surface area contributed by atoms with Gasteiger partial charge in [-0.25, -0.2) is 0 Å². The summed E-state index contributed by atoms with van der Waals surface area (Å²) in [5.41, 5.74) is 7.64. The van der Waals surface area contributed by atoms with E-state index >= 15 is 0 Å². The van der Waals surface area contributed by atoms with E-state index < -0.39 is 0 Å². The number of rotatable bonds is 4. The van der Waals surface area contributed by atoms with Crippen LogP contribution in [0.3, 0.4) is 0 Å². The maximum atomic E-state index is 6.30. The Balaban J connectivity index is 1.75. The summed E-state index contributed by atoms with van der Waals surface area (Å²) in [7, 11) is 0. The van der Waals surface area contributed by atoms with Crippen LogP contribution in [0.2, 0.25) is 0 Å². The second-order valence-corrected chi connectivity index (χ2v) is 4.86. The molecule has 0 aromatic heterocycles. The minimum atomic E-state index is -0.0625. The van der Waals surface area contributed by atoms with Gasteiger partial charge in [0.1, 0.15) is 0 Å². The van der Waals surface area contributed by atoms with Crippen LogP contribution in [0, 0.1) is 0 Å². The summed E-state index contributed by atoms with van der Waals surface area (Å²) in [6.45, 7) is 1.62. The minimum absolute atomic E-state index is 0.0625. The Morgan fingerprint density at radius 2 is 2.06 bits per heavy atom. The largest absolute Gasteiger partial charge is 0.380 e. The van der Waals surface area contributed by atoms with Crippen LogP contribution in [-0.2, 0) is 11.2 Å². The molecule has 2 heteroatoms. The van der Waals surface area contributed by atoms with Gasteiger partial charge in [-0.2, -0.15) is 0 Å². The summed E-state index contributed by atoms with van der Waals surface area (Å²) < 4.78 is 5.46. The number of benzene rings is 1. The summed E-state index contributed by atoms with van der Waals surface area (Å²) in [5.74, 6) is 0. The molecular formula is C14H21NO. The molecule has 0 aliphatic carbocycles. The third-order valence-electron chi connectivity index (χ3n) is 3.34. The molecule has 1 saturated heterocycles. The van der Waals surface area contributed by atoms with Crippen molar-refractivity contribution >= 4 is 0 Å². The first-order chi connectivity index (χ1) is 7.79. The van der Waals surface area contributed by atoms with Crippen molar-refractivity contribution in [3.63, 3.8) is 0 Å². The van der Waals surface area contributed by atoms with Gasteiger partial charge in [-0.1, -0.05) is 30.3 Å². The summed E-state index contributed by atoms with van der Waals surface area (Å²) >= 11 is 0. The van der Waals surface area contributed by atoms with Crippen LogP contribution in [0.5, 0.6) is 0 Å². The van der Waals surface area contributed by atoms with Gasteiger partial charge in [0.05, 0.1) is 6.61 Å². The van der Waals surface area contributed by atoms with E-state index in [1.807, 2.05) is 0 Å². The van der Waals surface area contributed by atoms with E-state index in [4.69, 9.17) is 10.5 Å². The van der Waals surface area contributed by atoms with Crippen molar-refractivity contribution in [2.45, 2.75) is 37.6 Å². The van der Waals surface area contributed by atoms with Gasteiger partial charge in [0.2, 0.25) is 0 Å². The van der Waals surface area contributed by atoms with Gasteiger partial charge < -0.3 is 10.5 Å². The molecule has 2 nitrogen and oxygen atoms in total. The van der Waals surface area contributed by atoms with Crippen molar-refractivity contribution in [2.75, 3.05) is 13.2 Å². The molecule has 0 amide bonds. The Morgan fingerprint density at radius 3 is 2.75 bits per heavy atom. The van der Waals surface area contributed by atoms with E-state index in [0.29, 0.717) is 0 Å². The summed E-state index contributed by atoms with van der Waals surface area (Å²) in [4.78, 5) is 0. The zero-order chi connectivity index (χ0) is 11.3. The van der Waals surface area contributed by atoms with Crippen molar-refractivity contribution in [1.82, 2.24) is 0 Å². The predicted octanol–water partition coefficient (Wildman–Crippen LogP) is 2.52. The monoisotopic (exact) mass is 219 g/mol. The molecule has 1 aromatic carbocycles. The predicted molar refractivity (Wildman–Crippen MR) is 66.4 cm³/mol. The van der Waals surface area contributed by atoms with Crippen molar-refractivity contribution < 1.29 is 4.74 Å². The standard InChI is InChI=1S/C14H21NO/c15-14(10-5-11-16-12-14)9-4-8-13-6-2-1-3-7-13/h1-3,6-7H,4-5,8-12,15H2. The van der Waals surface area contributed by atoms with E-state index in [-0.39, 0.29) is 5.54 Å². The third-order valence-corrected chi connectivity index (χ3v) is 3.34. The molecule has 1 atom stereocenters. The van der Waals surface area contributed by atoms with Crippen LogP contribution in [0.15, 0.2) is 30.3 Å². The number of aryl methyl sites for hydroxylation is 1. The normalized spacial score (nSPS) is 25.6. The Bertz CT molecular complexity index is 304. The second kappa shape index (κ2) is 5.46.